The quantitative estimate of drug-likeness (QED) is 0.467. The highest BCUT2D eigenvalue weighted by atomic mass is 16.5. The van der Waals surface area contributed by atoms with Crippen molar-refractivity contribution in [2.24, 2.45) is 5.92 Å². The summed E-state index contributed by atoms with van der Waals surface area (Å²) in [5.41, 5.74) is 3.04. The summed E-state index contributed by atoms with van der Waals surface area (Å²) in [5, 5.41) is 6.18. The molecule has 11 nitrogen and oxygen atoms in total. The average Bonchev–Trinajstić information content (AvgIpc) is 3.41. The van der Waals surface area contributed by atoms with Crippen LogP contribution in [0.5, 0.6) is 5.88 Å². The third-order valence-electron chi connectivity index (χ3n) is 6.68. The van der Waals surface area contributed by atoms with Crippen LogP contribution < -0.4 is 15.4 Å². The van der Waals surface area contributed by atoms with Crippen LogP contribution in [-0.4, -0.2) is 76.1 Å². The molecule has 11 heteroatoms. The van der Waals surface area contributed by atoms with Crippen molar-refractivity contribution in [2.45, 2.75) is 25.3 Å². The van der Waals surface area contributed by atoms with E-state index in [0.717, 1.165) is 19.3 Å². The summed E-state index contributed by atoms with van der Waals surface area (Å²) in [4.78, 5) is 44.7. The van der Waals surface area contributed by atoms with Crippen molar-refractivity contribution < 1.29 is 19.1 Å². The number of hydrogen-bond donors (Lipinski definition) is 2. The van der Waals surface area contributed by atoms with E-state index in [4.69, 9.17) is 14.5 Å². The van der Waals surface area contributed by atoms with Gasteiger partial charge in [-0.25, -0.2) is 19.9 Å². The number of methoxy groups -OCH3 is 1. The monoisotopic (exact) mass is 503 g/mol. The molecule has 3 aromatic rings. The third kappa shape index (κ3) is 5.36. The van der Waals surface area contributed by atoms with E-state index in [1.54, 1.807) is 12.3 Å². The lowest BCUT2D eigenvalue weighted by Crippen LogP contribution is -2.38. The minimum atomic E-state index is -0.371. The molecule has 2 fully saturated rings. The first-order valence-electron chi connectivity index (χ1n) is 12.3. The highest BCUT2D eigenvalue weighted by Crippen LogP contribution is 2.30. The Morgan fingerprint density at radius 3 is 2.81 bits per heavy atom. The van der Waals surface area contributed by atoms with E-state index in [9.17, 15) is 9.59 Å². The Morgan fingerprint density at radius 1 is 1.19 bits per heavy atom. The van der Waals surface area contributed by atoms with Crippen LogP contribution in [-0.2, 0) is 14.3 Å². The van der Waals surface area contributed by atoms with Crippen LogP contribution in [0.1, 0.15) is 19.3 Å². The van der Waals surface area contributed by atoms with Crippen LogP contribution in [0.3, 0.4) is 0 Å². The number of likely N-dealkylation sites (tertiary alicyclic amines) is 1. The summed E-state index contributed by atoms with van der Waals surface area (Å²) in [6.45, 7) is 6.12. The van der Waals surface area contributed by atoms with Gasteiger partial charge in [0, 0.05) is 50.0 Å². The molecule has 2 saturated heterocycles. The number of nitrogens with zero attached hydrogens (tertiary/aromatic N) is 5. The Balaban J connectivity index is 1.36. The van der Waals surface area contributed by atoms with E-state index in [2.05, 4.69) is 32.2 Å². The Morgan fingerprint density at radius 2 is 2.03 bits per heavy atom. The summed E-state index contributed by atoms with van der Waals surface area (Å²) in [6.07, 6.45) is 6.71. The summed E-state index contributed by atoms with van der Waals surface area (Å²) < 4.78 is 10.7. The van der Waals surface area contributed by atoms with Gasteiger partial charge in [0.05, 0.1) is 18.3 Å². The molecule has 0 aliphatic carbocycles. The number of ether oxygens (including phenoxy) is 2. The second-order valence-corrected chi connectivity index (χ2v) is 9.06. The fourth-order valence-electron chi connectivity index (χ4n) is 4.71. The van der Waals surface area contributed by atoms with E-state index in [0.29, 0.717) is 60.1 Å². The molecule has 3 aromatic heterocycles. The van der Waals surface area contributed by atoms with Gasteiger partial charge in [-0.2, -0.15) is 0 Å². The lowest BCUT2D eigenvalue weighted by molar-refractivity contribution is -0.137. The molecule has 0 bridgehead atoms. The molecule has 1 atom stereocenters. The summed E-state index contributed by atoms with van der Waals surface area (Å²) >= 11 is 0. The zero-order chi connectivity index (χ0) is 25.8. The number of carbonyl (C=O) groups excluding carboxylic acids is 2. The second-order valence-electron chi connectivity index (χ2n) is 9.06. The maximum absolute atomic E-state index is 12.9. The molecule has 5 heterocycles. The fraction of sp³-hybridized carbons (Fsp3) is 0.385. The number of aromatic nitrogens is 4. The second kappa shape index (κ2) is 10.9. The molecule has 37 heavy (non-hydrogen) atoms. The number of nitrogens with one attached hydrogen (secondary N) is 2. The Kier molecular flexibility index (Phi) is 7.22. The first kappa shape index (κ1) is 24.6. The van der Waals surface area contributed by atoms with E-state index < -0.39 is 0 Å². The van der Waals surface area contributed by atoms with Crippen LogP contribution in [0.25, 0.3) is 22.3 Å². The standard InChI is InChI=1S/C26H29N7O4/c1-3-22(34)31-21-12-17(13-27-25(21)36-2)19-4-5-20-23(32-19)24(29-15-28-20)30-18-6-9-33(14-18)26(35)16-7-10-37-11-8-16/h3-5,12-13,15-16,18H,1,6-11,14H2,2H3,(H,31,34)(H,28,29,30)/t18-/m0/s1. The lowest BCUT2D eigenvalue weighted by Gasteiger charge is -2.26. The van der Waals surface area contributed by atoms with Crippen molar-refractivity contribution in [3.63, 3.8) is 0 Å². The van der Waals surface area contributed by atoms with Crippen molar-refractivity contribution in [1.29, 1.82) is 0 Å². The zero-order valence-electron chi connectivity index (χ0n) is 20.6. The van der Waals surface area contributed by atoms with Gasteiger partial charge < -0.3 is 25.0 Å². The van der Waals surface area contributed by atoms with Gasteiger partial charge in [-0.3, -0.25) is 9.59 Å². The molecule has 2 aliphatic heterocycles. The average molecular weight is 504 g/mol. The van der Waals surface area contributed by atoms with Crippen LogP contribution in [0.4, 0.5) is 11.5 Å². The van der Waals surface area contributed by atoms with Crippen LogP contribution in [0, 0.1) is 5.92 Å². The molecule has 5 rings (SSSR count). The van der Waals surface area contributed by atoms with E-state index in [1.807, 2.05) is 17.0 Å². The van der Waals surface area contributed by atoms with Crippen LogP contribution >= 0.6 is 0 Å². The normalized spacial score (nSPS) is 18.0. The molecule has 0 unspecified atom stereocenters. The number of anilines is 2. The lowest BCUT2D eigenvalue weighted by atomic mass is 9.99. The molecule has 0 spiro atoms. The van der Waals surface area contributed by atoms with Gasteiger partial charge in [0.2, 0.25) is 17.7 Å². The third-order valence-corrected chi connectivity index (χ3v) is 6.68. The number of pyridine rings is 2. The minimum Gasteiger partial charge on any atom is -0.480 e. The molecule has 2 N–H and O–H groups in total. The van der Waals surface area contributed by atoms with E-state index in [-0.39, 0.29) is 29.7 Å². The predicted molar refractivity (Wildman–Crippen MR) is 138 cm³/mol. The van der Waals surface area contributed by atoms with Gasteiger partial charge in [-0.1, -0.05) is 6.58 Å². The molecule has 0 radical (unpaired) electrons. The summed E-state index contributed by atoms with van der Waals surface area (Å²) in [6, 6.07) is 5.52. The first-order chi connectivity index (χ1) is 18.1. The molecule has 2 amide bonds. The Labute approximate surface area is 214 Å². The fourth-order valence-corrected chi connectivity index (χ4v) is 4.71. The smallest absolute Gasteiger partial charge is 0.247 e. The Bertz CT molecular complexity index is 1330. The Hall–Kier alpha value is -4.12. The number of carbonyl (C=O) groups is 2. The SMILES string of the molecule is C=CC(=O)Nc1cc(-c2ccc3ncnc(N[C@H]4CCN(C(=O)C5CCOCC5)C4)c3n2)cnc1OC. The van der Waals surface area contributed by atoms with Crippen molar-refractivity contribution >= 4 is 34.4 Å². The van der Waals surface area contributed by atoms with Gasteiger partial charge in [-0.05, 0) is 43.5 Å². The molecule has 2 aliphatic rings. The van der Waals surface area contributed by atoms with E-state index >= 15 is 0 Å². The maximum atomic E-state index is 12.9. The largest absolute Gasteiger partial charge is 0.480 e. The molecule has 0 saturated carbocycles. The number of rotatable bonds is 7. The van der Waals surface area contributed by atoms with Crippen molar-refractivity contribution in [2.75, 3.05) is 44.0 Å². The minimum absolute atomic E-state index is 0.0517. The zero-order valence-corrected chi connectivity index (χ0v) is 20.6. The number of hydrogen-bond acceptors (Lipinski definition) is 9. The summed E-state index contributed by atoms with van der Waals surface area (Å²) in [5.74, 6) is 0.790. The van der Waals surface area contributed by atoms with Crippen LogP contribution in [0.15, 0.2) is 43.4 Å². The van der Waals surface area contributed by atoms with E-state index in [1.165, 1.54) is 19.5 Å². The molecular weight excluding hydrogens is 474 g/mol. The van der Waals surface area contributed by atoms with Crippen LogP contribution in [0.2, 0.25) is 0 Å². The maximum Gasteiger partial charge on any atom is 0.247 e. The topological polar surface area (TPSA) is 131 Å². The van der Waals surface area contributed by atoms with Crippen molar-refractivity contribution in [3.8, 4) is 17.1 Å². The molecule has 0 aromatic carbocycles. The van der Waals surface area contributed by atoms with Gasteiger partial charge >= 0.3 is 0 Å². The molecular formula is C26H29N7O4. The van der Waals surface area contributed by atoms with Crippen molar-refractivity contribution in [3.05, 3.63) is 43.4 Å². The van der Waals surface area contributed by atoms with Crippen molar-refractivity contribution in [1.82, 2.24) is 24.8 Å². The molecule has 192 valence electrons. The first-order valence-corrected chi connectivity index (χ1v) is 12.3. The predicted octanol–water partition coefficient (Wildman–Crippen LogP) is 2.66. The highest BCUT2D eigenvalue weighted by Gasteiger charge is 2.32. The van der Waals surface area contributed by atoms with Gasteiger partial charge in [0.1, 0.15) is 17.5 Å². The summed E-state index contributed by atoms with van der Waals surface area (Å²) in [7, 11) is 1.48. The highest BCUT2D eigenvalue weighted by molar-refractivity contribution is 6.00. The number of amides is 2. The van der Waals surface area contributed by atoms with Gasteiger partial charge in [0.15, 0.2) is 5.82 Å². The van der Waals surface area contributed by atoms with Gasteiger partial charge in [0.25, 0.3) is 0 Å². The number of fused-ring (bicyclic) bond motifs is 1. The van der Waals surface area contributed by atoms with Gasteiger partial charge in [-0.15, -0.1) is 0 Å².